The van der Waals surface area contributed by atoms with E-state index in [1.807, 2.05) is 18.2 Å². The van der Waals surface area contributed by atoms with Crippen molar-refractivity contribution in [2.75, 3.05) is 11.6 Å². The van der Waals surface area contributed by atoms with Crippen LogP contribution < -0.4 is 11.1 Å². The molecular weight excluding hydrogens is 478 g/mol. The Morgan fingerprint density at radius 3 is 2.47 bits per heavy atom. The van der Waals surface area contributed by atoms with E-state index in [0.717, 1.165) is 17.4 Å². The number of anilines is 1. The van der Waals surface area contributed by atoms with E-state index in [0.29, 0.717) is 46.7 Å². The number of primary amides is 1. The SMILES string of the molecule is Cc1ncccc1C(=O)Nc1ccc2c(c1)-c1c(c(C(N)=O)nn1-c1ccc(S(C)(=O)=O)cc1)CC2. The van der Waals surface area contributed by atoms with Crippen LogP contribution in [0.3, 0.4) is 0 Å². The van der Waals surface area contributed by atoms with E-state index in [1.165, 1.54) is 12.1 Å². The van der Waals surface area contributed by atoms with Crippen LogP contribution in [0, 0.1) is 6.92 Å². The minimum absolute atomic E-state index is 0.170. The number of nitrogens with two attached hydrogens (primary N) is 1. The molecule has 0 aliphatic heterocycles. The van der Waals surface area contributed by atoms with Crippen molar-refractivity contribution in [2.45, 2.75) is 24.7 Å². The molecule has 2 amide bonds. The molecule has 0 unspecified atom stereocenters. The lowest BCUT2D eigenvalue weighted by Gasteiger charge is -2.20. The summed E-state index contributed by atoms with van der Waals surface area (Å²) in [7, 11) is -3.37. The molecule has 4 aromatic rings. The van der Waals surface area contributed by atoms with E-state index in [9.17, 15) is 18.0 Å². The lowest BCUT2D eigenvalue weighted by atomic mass is 9.88. The van der Waals surface area contributed by atoms with Gasteiger partial charge in [0.25, 0.3) is 11.8 Å². The number of amides is 2. The van der Waals surface area contributed by atoms with E-state index in [1.54, 1.807) is 42.1 Å². The van der Waals surface area contributed by atoms with E-state index in [2.05, 4.69) is 15.4 Å². The van der Waals surface area contributed by atoms with Crippen LogP contribution in [-0.4, -0.2) is 41.3 Å². The molecule has 182 valence electrons. The van der Waals surface area contributed by atoms with Gasteiger partial charge in [-0.1, -0.05) is 6.07 Å². The smallest absolute Gasteiger partial charge is 0.269 e. The van der Waals surface area contributed by atoms with Crippen molar-refractivity contribution in [3.8, 4) is 16.9 Å². The highest BCUT2D eigenvalue weighted by atomic mass is 32.2. The second-order valence-electron chi connectivity index (χ2n) is 8.68. The quantitative estimate of drug-likeness (QED) is 0.431. The number of fused-ring (bicyclic) bond motifs is 3. The van der Waals surface area contributed by atoms with Gasteiger partial charge in [-0.15, -0.1) is 0 Å². The maximum atomic E-state index is 12.9. The fourth-order valence-corrected chi connectivity index (χ4v) is 5.09. The fourth-order valence-electron chi connectivity index (χ4n) is 4.46. The number of aromatic nitrogens is 3. The summed E-state index contributed by atoms with van der Waals surface area (Å²) in [5.41, 5.74) is 11.3. The van der Waals surface area contributed by atoms with Gasteiger partial charge in [0.2, 0.25) is 0 Å². The number of carbonyl (C=O) groups is 2. The molecular formula is C26H23N5O4S. The first-order valence-electron chi connectivity index (χ1n) is 11.2. The van der Waals surface area contributed by atoms with Crippen molar-refractivity contribution in [3.05, 3.63) is 88.9 Å². The highest BCUT2D eigenvalue weighted by Crippen LogP contribution is 2.38. The summed E-state index contributed by atoms with van der Waals surface area (Å²) in [6, 6.07) is 15.3. The summed E-state index contributed by atoms with van der Waals surface area (Å²) >= 11 is 0. The maximum Gasteiger partial charge on any atom is 0.269 e. The van der Waals surface area contributed by atoms with Gasteiger partial charge in [-0.2, -0.15) is 5.10 Å². The minimum Gasteiger partial charge on any atom is -0.364 e. The maximum absolute atomic E-state index is 12.9. The molecule has 0 saturated carbocycles. The van der Waals surface area contributed by atoms with Crippen LogP contribution in [0.4, 0.5) is 5.69 Å². The Morgan fingerprint density at radius 1 is 1.06 bits per heavy atom. The summed E-state index contributed by atoms with van der Waals surface area (Å²) in [5.74, 6) is -0.919. The Hall–Kier alpha value is -4.31. The number of pyridine rings is 1. The van der Waals surface area contributed by atoms with Crippen molar-refractivity contribution in [2.24, 2.45) is 5.73 Å². The molecule has 5 rings (SSSR count). The molecule has 2 heterocycles. The summed E-state index contributed by atoms with van der Waals surface area (Å²) < 4.78 is 25.4. The van der Waals surface area contributed by atoms with Crippen molar-refractivity contribution >= 4 is 27.3 Å². The van der Waals surface area contributed by atoms with E-state index in [-0.39, 0.29) is 16.5 Å². The lowest BCUT2D eigenvalue weighted by Crippen LogP contribution is -2.16. The number of aryl methyl sites for hydroxylation is 2. The first-order chi connectivity index (χ1) is 17.1. The Balaban J connectivity index is 1.61. The fraction of sp³-hybridized carbons (Fsp3) is 0.154. The summed E-state index contributed by atoms with van der Waals surface area (Å²) in [6.07, 6.45) is 4.02. The molecule has 0 saturated heterocycles. The number of hydrogen-bond donors (Lipinski definition) is 2. The Labute approximate surface area is 207 Å². The third kappa shape index (κ3) is 4.16. The molecule has 10 heteroatoms. The van der Waals surface area contributed by atoms with Crippen LogP contribution in [0.25, 0.3) is 16.9 Å². The van der Waals surface area contributed by atoms with E-state index < -0.39 is 15.7 Å². The van der Waals surface area contributed by atoms with Crippen LogP contribution in [0.2, 0.25) is 0 Å². The van der Waals surface area contributed by atoms with E-state index >= 15 is 0 Å². The van der Waals surface area contributed by atoms with Gasteiger partial charge >= 0.3 is 0 Å². The zero-order valence-electron chi connectivity index (χ0n) is 19.6. The van der Waals surface area contributed by atoms with Gasteiger partial charge in [-0.25, -0.2) is 13.1 Å². The molecule has 1 aliphatic carbocycles. The predicted molar refractivity (Wildman–Crippen MR) is 135 cm³/mol. The second kappa shape index (κ2) is 8.72. The third-order valence-corrected chi connectivity index (χ3v) is 7.37. The number of benzene rings is 2. The van der Waals surface area contributed by atoms with E-state index in [4.69, 9.17) is 5.73 Å². The zero-order chi connectivity index (χ0) is 25.6. The number of nitrogens with zero attached hydrogens (tertiary/aromatic N) is 3. The van der Waals surface area contributed by atoms with Crippen LogP contribution in [-0.2, 0) is 22.7 Å². The lowest BCUT2D eigenvalue weighted by molar-refractivity contribution is 0.0992. The number of rotatable bonds is 5. The van der Waals surface area contributed by atoms with Gasteiger partial charge in [0.15, 0.2) is 15.5 Å². The van der Waals surface area contributed by atoms with Crippen molar-refractivity contribution in [3.63, 3.8) is 0 Å². The van der Waals surface area contributed by atoms with Crippen LogP contribution >= 0.6 is 0 Å². The summed E-state index contributed by atoms with van der Waals surface area (Å²) in [5, 5.41) is 7.43. The molecule has 2 aromatic carbocycles. The molecule has 0 spiro atoms. The second-order valence-corrected chi connectivity index (χ2v) is 10.7. The number of nitrogens with one attached hydrogen (secondary N) is 1. The van der Waals surface area contributed by atoms with Gasteiger partial charge in [-0.05, 0) is 73.9 Å². The van der Waals surface area contributed by atoms with Crippen LogP contribution in [0.5, 0.6) is 0 Å². The average Bonchev–Trinajstić information content (AvgIpc) is 3.24. The minimum atomic E-state index is -3.37. The molecule has 0 radical (unpaired) electrons. The van der Waals surface area contributed by atoms with Gasteiger partial charge < -0.3 is 11.1 Å². The predicted octanol–water partition coefficient (Wildman–Crippen LogP) is 3.10. The first-order valence-corrected chi connectivity index (χ1v) is 13.1. The monoisotopic (exact) mass is 501 g/mol. The molecule has 9 nitrogen and oxygen atoms in total. The zero-order valence-corrected chi connectivity index (χ0v) is 20.5. The first kappa shape index (κ1) is 23.4. The van der Waals surface area contributed by atoms with Gasteiger partial charge in [-0.3, -0.25) is 14.6 Å². The third-order valence-electron chi connectivity index (χ3n) is 6.25. The van der Waals surface area contributed by atoms with Crippen LogP contribution in [0.15, 0.2) is 65.7 Å². The van der Waals surface area contributed by atoms with Gasteiger partial charge in [0.1, 0.15) is 0 Å². The molecule has 0 bridgehead atoms. The highest BCUT2D eigenvalue weighted by molar-refractivity contribution is 7.90. The molecule has 2 aromatic heterocycles. The summed E-state index contributed by atoms with van der Waals surface area (Å²) in [6.45, 7) is 1.77. The average molecular weight is 502 g/mol. The number of sulfone groups is 1. The van der Waals surface area contributed by atoms with Gasteiger partial charge in [0.05, 0.1) is 21.8 Å². The normalized spacial score (nSPS) is 12.5. The number of carbonyl (C=O) groups excluding carboxylic acids is 2. The molecule has 0 atom stereocenters. The number of hydrogen-bond acceptors (Lipinski definition) is 6. The van der Waals surface area contributed by atoms with Crippen molar-refractivity contribution < 1.29 is 18.0 Å². The summed E-state index contributed by atoms with van der Waals surface area (Å²) in [4.78, 5) is 29.4. The van der Waals surface area contributed by atoms with Gasteiger partial charge in [0, 0.05) is 35.0 Å². The standard InChI is InChI=1S/C26H23N5O4S/c1-15-20(4-3-13-28-15)26(33)29-17-7-5-16-6-12-21-23(25(27)32)30-31(24(21)22(16)14-17)18-8-10-19(11-9-18)36(2,34)35/h3-5,7-11,13-14H,6,12H2,1-2H3,(H2,27,32)(H,29,33). The van der Waals surface area contributed by atoms with Crippen molar-refractivity contribution in [1.82, 2.24) is 14.8 Å². The van der Waals surface area contributed by atoms with Crippen molar-refractivity contribution in [1.29, 1.82) is 0 Å². The molecule has 1 aliphatic rings. The van der Waals surface area contributed by atoms with Crippen LogP contribution in [0.1, 0.15) is 37.7 Å². The highest BCUT2D eigenvalue weighted by Gasteiger charge is 2.28. The Morgan fingerprint density at radius 2 is 1.81 bits per heavy atom. The Kier molecular flexibility index (Phi) is 5.68. The molecule has 36 heavy (non-hydrogen) atoms. The molecule has 3 N–H and O–H groups in total. The Bertz CT molecular complexity index is 1640. The molecule has 0 fully saturated rings. The topological polar surface area (TPSA) is 137 Å². The largest absolute Gasteiger partial charge is 0.364 e.